The van der Waals surface area contributed by atoms with E-state index in [1.165, 1.54) is 38.5 Å². The van der Waals surface area contributed by atoms with Crippen molar-refractivity contribution in [2.24, 2.45) is 0 Å². The Kier molecular flexibility index (Phi) is 57.0. The van der Waals surface area contributed by atoms with Gasteiger partial charge in [0, 0.05) is 19.3 Å². The van der Waals surface area contributed by atoms with E-state index in [-0.39, 0.29) is 44.0 Å². The largest absolute Gasteiger partial charge is 0.462 e. The molecule has 0 aliphatic heterocycles. The first-order chi connectivity index (χ1) is 37.0. The van der Waals surface area contributed by atoms with Crippen LogP contribution in [0.15, 0.2) is 170 Å². The van der Waals surface area contributed by atoms with E-state index in [0.717, 1.165) is 135 Å². The van der Waals surface area contributed by atoms with Gasteiger partial charge < -0.3 is 14.2 Å². The van der Waals surface area contributed by atoms with Crippen LogP contribution < -0.4 is 0 Å². The van der Waals surface area contributed by atoms with E-state index in [9.17, 15) is 14.4 Å². The van der Waals surface area contributed by atoms with Crippen molar-refractivity contribution >= 4 is 17.9 Å². The van der Waals surface area contributed by atoms with E-state index in [4.69, 9.17) is 14.2 Å². The summed E-state index contributed by atoms with van der Waals surface area (Å²) >= 11 is 0. The van der Waals surface area contributed by atoms with Gasteiger partial charge in [0.1, 0.15) is 13.2 Å². The Bertz CT molecular complexity index is 1750. The molecule has 0 spiro atoms. The maximum absolute atomic E-state index is 12.8. The third kappa shape index (κ3) is 59.5. The van der Waals surface area contributed by atoms with Gasteiger partial charge in [-0.1, -0.05) is 229 Å². The first-order valence-electron chi connectivity index (χ1n) is 29.6. The molecule has 75 heavy (non-hydrogen) atoms. The van der Waals surface area contributed by atoms with E-state index in [1.807, 2.05) is 0 Å². The van der Waals surface area contributed by atoms with Crippen LogP contribution in [0.3, 0.4) is 0 Å². The summed E-state index contributed by atoms with van der Waals surface area (Å²) in [4.78, 5) is 38.1. The molecule has 6 nitrogen and oxygen atoms in total. The molecular formula is C69H106O6. The molecule has 1 unspecified atom stereocenters. The van der Waals surface area contributed by atoms with Gasteiger partial charge >= 0.3 is 17.9 Å². The second-order valence-corrected chi connectivity index (χ2v) is 18.8. The number of allylic oxidation sites excluding steroid dienone is 28. The monoisotopic (exact) mass is 1030 g/mol. The molecule has 0 aliphatic carbocycles. The van der Waals surface area contributed by atoms with Gasteiger partial charge in [-0.3, -0.25) is 14.4 Å². The van der Waals surface area contributed by atoms with Gasteiger partial charge in [0.05, 0.1) is 0 Å². The van der Waals surface area contributed by atoms with Crippen molar-refractivity contribution in [3.8, 4) is 0 Å². The Morgan fingerprint density at radius 2 is 0.533 bits per heavy atom. The molecule has 0 N–H and O–H groups in total. The molecule has 1 atom stereocenters. The van der Waals surface area contributed by atoms with Crippen LogP contribution >= 0.6 is 0 Å². The first kappa shape index (κ1) is 69.8. The predicted octanol–water partition coefficient (Wildman–Crippen LogP) is 20.3. The summed E-state index contributed by atoms with van der Waals surface area (Å²) in [5.74, 6) is -1.05. The van der Waals surface area contributed by atoms with Gasteiger partial charge in [-0.05, 0) is 148 Å². The van der Waals surface area contributed by atoms with Gasteiger partial charge in [-0.15, -0.1) is 0 Å². The zero-order valence-electron chi connectivity index (χ0n) is 47.7. The number of esters is 3. The summed E-state index contributed by atoms with van der Waals surface area (Å²) in [5.41, 5.74) is 0. The number of carbonyl (C=O) groups is 3. The highest BCUT2D eigenvalue weighted by Gasteiger charge is 2.19. The minimum Gasteiger partial charge on any atom is -0.462 e. The van der Waals surface area contributed by atoms with Gasteiger partial charge in [-0.25, -0.2) is 0 Å². The average molecular weight is 1030 g/mol. The Balaban J connectivity index is 4.54. The van der Waals surface area contributed by atoms with Crippen molar-refractivity contribution < 1.29 is 28.6 Å². The molecule has 0 aromatic heterocycles. The topological polar surface area (TPSA) is 78.9 Å². The molecule has 0 heterocycles. The lowest BCUT2D eigenvalue weighted by atomic mass is 10.1. The van der Waals surface area contributed by atoms with Crippen molar-refractivity contribution in [2.75, 3.05) is 13.2 Å². The number of unbranched alkanes of at least 4 members (excludes halogenated alkanes) is 12. The number of carbonyl (C=O) groups excluding carboxylic acids is 3. The van der Waals surface area contributed by atoms with E-state index in [0.29, 0.717) is 19.3 Å². The highest BCUT2D eigenvalue weighted by Crippen LogP contribution is 2.12. The quantitative estimate of drug-likeness (QED) is 0.0261. The maximum atomic E-state index is 12.8. The van der Waals surface area contributed by atoms with Crippen molar-refractivity contribution in [3.05, 3.63) is 170 Å². The van der Waals surface area contributed by atoms with Gasteiger partial charge in [-0.2, -0.15) is 0 Å². The maximum Gasteiger partial charge on any atom is 0.306 e. The van der Waals surface area contributed by atoms with Crippen LogP contribution in [0, 0.1) is 0 Å². The highest BCUT2D eigenvalue weighted by atomic mass is 16.6. The minimum absolute atomic E-state index is 0.127. The molecular weight excluding hydrogens is 925 g/mol. The summed E-state index contributed by atoms with van der Waals surface area (Å²) < 4.78 is 16.8. The third-order valence-corrected chi connectivity index (χ3v) is 11.7. The van der Waals surface area contributed by atoms with Crippen LogP contribution in [0.1, 0.15) is 226 Å². The minimum atomic E-state index is -0.839. The molecule has 0 saturated carbocycles. The van der Waals surface area contributed by atoms with Gasteiger partial charge in [0.2, 0.25) is 0 Å². The van der Waals surface area contributed by atoms with Gasteiger partial charge in [0.15, 0.2) is 6.10 Å². The summed E-state index contributed by atoms with van der Waals surface area (Å²) in [5, 5.41) is 0. The fourth-order valence-corrected chi connectivity index (χ4v) is 7.31. The third-order valence-electron chi connectivity index (χ3n) is 11.7. The standard InChI is InChI=1S/C69H106O6/c1-4-7-10-13-16-19-22-25-27-29-30-31-32-33-34-35-36-37-38-40-41-44-47-50-53-56-59-62-68(71)74-65-66(64-73-67(70)61-58-55-52-49-46-43-24-21-18-15-12-9-6-3)75-69(72)63-60-57-54-51-48-45-42-39-28-26-23-20-17-14-11-8-5-2/h7-8,10-11,16-17,19-21,24-28,30-31,33-34,36-37,40-42,45,47,50-51,54,66H,4-6,9,12-15,18,22-23,29,32,35,38-39,43-44,46,48-49,52-53,55-65H2,1-3H3/b10-7-,11-8-,19-16-,20-17-,24-21-,27-25-,28-26-,31-30-,34-33-,37-36-,41-40-,45-42-,50-47-,54-51-. The molecule has 0 aliphatic rings. The first-order valence-corrected chi connectivity index (χ1v) is 29.6. The van der Waals surface area contributed by atoms with Crippen molar-refractivity contribution in [2.45, 2.75) is 232 Å². The smallest absolute Gasteiger partial charge is 0.306 e. The second kappa shape index (κ2) is 61.3. The van der Waals surface area contributed by atoms with Crippen LogP contribution in [0.5, 0.6) is 0 Å². The molecule has 0 bridgehead atoms. The second-order valence-electron chi connectivity index (χ2n) is 18.8. The molecule has 0 amide bonds. The lowest BCUT2D eigenvalue weighted by Crippen LogP contribution is -2.30. The molecule has 0 radical (unpaired) electrons. The normalized spacial score (nSPS) is 13.4. The lowest BCUT2D eigenvalue weighted by molar-refractivity contribution is -0.167. The number of rotatable bonds is 51. The lowest BCUT2D eigenvalue weighted by Gasteiger charge is -2.18. The fraction of sp³-hybridized carbons (Fsp3) is 0.551. The summed E-state index contributed by atoms with van der Waals surface area (Å²) in [6, 6.07) is 0. The van der Waals surface area contributed by atoms with Crippen LogP contribution in [-0.2, 0) is 28.6 Å². The Hall–Kier alpha value is -5.23. The molecule has 0 rings (SSSR count). The molecule has 0 fully saturated rings. The number of hydrogen-bond donors (Lipinski definition) is 0. The average Bonchev–Trinajstić information content (AvgIpc) is 3.41. The van der Waals surface area contributed by atoms with Crippen molar-refractivity contribution in [1.29, 1.82) is 0 Å². The van der Waals surface area contributed by atoms with Crippen LogP contribution in [0.2, 0.25) is 0 Å². The number of ether oxygens (including phenoxy) is 3. The van der Waals surface area contributed by atoms with E-state index in [2.05, 4.69) is 191 Å². The highest BCUT2D eigenvalue weighted by molar-refractivity contribution is 5.71. The fourth-order valence-electron chi connectivity index (χ4n) is 7.31. The van der Waals surface area contributed by atoms with Gasteiger partial charge in [0.25, 0.3) is 0 Å². The Morgan fingerprint density at radius 1 is 0.280 bits per heavy atom. The van der Waals surface area contributed by atoms with Crippen LogP contribution in [0.25, 0.3) is 0 Å². The van der Waals surface area contributed by atoms with E-state index < -0.39 is 6.10 Å². The summed E-state index contributed by atoms with van der Waals surface area (Å²) in [7, 11) is 0. The summed E-state index contributed by atoms with van der Waals surface area (Å²) in [6.45, 7) is 6.28. The molecule has 0 aromatic rings. The molecule has 0 saturated heterocycles. The van der Waals surface area contributed by atoms with Crippen LogP contribution in [-0.4, -0.2) is 37.2 Å². The Labute approximate surface area is 460 Å². The van der Waals surface area contributed by atoms with Crippen molar-refractivity contribution in [1.82, 2.24) is 0 Å². The van der Waals surface area contributed by atoms with Crippen LogP contribution in [0.4, 0.5) is 0 Å². The number of hydrogen-bond acceptors (Lipinski definition) is 6. The van der Waals surface area contributed by atoms with E-state index in [1.54, 1.807) is 0 Å². The zero-order chi connectivity index (χ0) is 54.3. The van der Waals surface area contributed by atoms with Crippen molar-refractivity contribution in [3.63, 3.8) is 0 Å². The molecule has 6 heteroatoms. The zero-order valence-corrected chi connectivity index (χ0v) is 47.7. The Morgan fingerprint density at radius 3 is 0.893 bits per heavy atom. The van der Waals surface area contributed by atoms with E-state index >= 15 is 0 Å². The molecule has 418 valence electrons. The molecule has 0 aromatic carbocycles. The SMILES string of the molecule is CC/C=C\C/C=C\C/C=C\C/C=C\C/C=C\C/C=C\C/C=C\C/C=C\CCCCC(=O)OCC(COC(=O)CCCCCCC/C=C\CCCCCC)OC(=O)CCC/C=C\C/C=C\C/C=C\C/C=C\C/C=C\CC. The predicted molar refractivity (Wildman–Crippen MR) is 325 cm³/mol. The summed E-state index contributed by atoms with van der Waals surface area (Å²) in [6.07, 6.45) is 90.7.